The van der Waals surface area contributed by atoms with E-state index in [-0.39, 0.29) is 17.7 Å². The highest BCUT2D eigenvalue weighted by Crippen LogP contribution is 2.22. The molecule has 0 atom stereocenters. The number of carbonyl (C=O) groups excluding carboxylic acids is 3. The van der Waals surface area contributed by atoms with E-state index in [1.165, 1.54) is 12.1 Å². The SMILES string of the molecule is CCN(CC(=O)O)C(=O)CN1C(=O)c2ccccc2C1=O. The molecule has 0 saturated carbocycles. The molecule has 0 spiro atoms. The summed E-state index contributed by atoms with van der Waals surface area (Å²) in [6.45, 7) is 0.906. The first-order valence-corrected chi connectivity index (χ1v) is 6.40. The number of likely N-dealkylation sites (N-methyl/N-ethyl adjacent to an activating group) is 1. The quantitative estimate of drug-likeness (QED) is 0.782. The van der Waals surface area contributed by atoms with Crippen LogP contribution in [0.25, 0.3) is 0 Å². The summed E-state index contributed by atoms with van der Waals surface area (Å²) in [6, 6.07) is 6.32. The Kier molecular flexibility index (Phi) is 4.02. The van der Waals surface area contributed by atoms with Crippen molar-refractivity contribution in [1.29, 1.82) is 0 Å². The van der Waals surface area contributed by atoms with Gasteiger partial charge in [-0.3, -0.25) is 24.1 Å². The van der Waals surface area contributed by atoms with Crippen molar-refractivity contribution >= 4 is 23.7 Å². The number of carboxylic acid groups (broad SMARTS) is 1. The molecule has 1 heterocycles. The molecule has 0 aromatic heterocycles. The van der Waals surface area contributed by atoms with Crippen LogP contribution in [0.5, 0.6) is 0 Å². The Hall–Kier alpha value is -2.70. The van der Waals surface area contributed by atoms with Crippen molar-refractivity contribution in [3.63, 3.8) is 0 Å². The van der Waals surface area contributed by atoms with Gasteiger partial charge in [-0.2, -0.15) is 0 Å². The van der Waals surface area contributed by atoms with E-state index in [0.717, 1.165) is 9.80 Å². The van der Waals surface area contributed by atoms with Crippen LogP contribution in [0.15, 0.2) is 24.3 Å². The van der Waals surface area contributed by atoms with Crippen molar-refractivity contribution in [2.75, 3.05) is 19.6 Å². The summed E-state index contributed by atoms with van der Waals surface area (Å²) in [7, 11) is 0. The summed E-state index contributed by atoms with van der Waals surface area (Å²) in [5, 5.41) is 8.73. The fourth-order valence-electron chi connectivity index (χ4n) is 2.16. The summed E-state index contributed by atoms with van der Waals surface area (Å²) in [6.07, 6.45) is 0. The Morgan fingerprint density at radius 1 is 1.14 bits per heavy atom. The average molecular weight is 290 g/mol. The number of carbonyl (C=O) groups is 4. The van der Waals surface area contributed by atoms with Crippen LogP contribution in [-0.2, 0) is 9.59 Å². The van der Waals surface area contributed by atoms with Gasteiger partial charge < -0.3 is 10.0 Å². The standard InChI is InChI=1S/C14H14N2O5/c1-2-15(8-12(18)19)11(17)7-16-13(20)9-5-3-4-6-10(9)14(16)21/h3-6H,2,7-8H2,1H3,(H,18,19). The van der Waals surface area contributed by atoms with Gasteiger partial charge in [0.05, 0.1) is 11.1 Å². The molecular formula is C14H14N2O5. The van der Waals surface area contributed by atoms with Crippen molar-refractivity contribution in [1.82, 2.24) is 9.80 Å². The lowest BCUT2D eigenvalue weighted by Crippen LogP contribution is -2.44. The Morgan fingerprint density at radius 2 is 1.67 bits per heavy atom. The van der Waals surface area contributed by atoms with E-state index in [2.05, 4.69) is 0 Å². The van der Waals surface area contributed by atoms with E-state index in [1.54, 1.807) is 19.1 Å². The molecule has 0 unspecified atom stereocenters. The van der Waals surface area contributed by atoms with Gasteiger partial charge in [-0.05, 0) is 19.1 Å². The molecule has 110 valence electrons. The number of imide groups is 1. The van der Waals surface area contributed by atoms with Crippen molar-refractivity contribution in [2.45, 2.75) is 6.92 Å². The topological polar surface area (TPSA) is 95.0 Å². The molecule has 7 heteroatoms. The van der Waals surface area contributed by atoms with Crippen molar-refractivity contribution in [3.05, 3.63) is 35.4 Å². The Bertz CT molecular complexity index is 591. The van der Waals surface area contributed by atoms with Crippen LogP contribution < -0.4 is 0 Å². The molecule has 1 aliphatic heterocycles. The van der Waals surface area contributed by atoms with E-state index in [9.17, 15) is 19.2 Å². The first kappa shape index (κ1) is 14.7. The normalized spacial score (nSPS) is 13.3. The maximum Gasteiger partial charge on any atom is 0.323 e. The molecule has 1 aliphatic rings. The molecule has 1 aromatic rings. The van der Waals surface area contributed by atoms with E-state index in [1.807, 2.05) is 0 Å². The van der Waals surface area contributed by atoms with Crippen LogP contribution in [0.1, 0.15) is 27.6 Å². The van der Waals surface area contributed by atoms with Crippen molar-refractivity contribution < 1.29 is 24.3 Å². The van der Waals surface area contributed by atoms with Gasteiger partial charge in [0.15, 0.2) is 0 Å². The number of benzene rings is 1. The molecule has 1 N–H and O–H groups in total. The highest BCUT2D eigenvalue weighted by molar-refractivity contribution is 6.22. The fourth-order valence-corrected chi connectivity index (χ4v) is 2.16. The number of hydrogen-bond acceptors (Lipinski definition) is 4. The van der Waals surface area contributed by atoms with Gasteiger partial charge in [-0.15, -0.1) is 0 Å². The lowest BCUT2D eigenvalue weighted by atomic mass is 10.1. The lowest BCUT2D eigenvalue weighted by molar-refractivity contribution is -0.144. The van der Waals surface area contributed by atoms with Gasteiger partial charge >= 0.3 is 5.97 Å². The van der Waals surface area contributed by atoms with Crippen LogP contribution in [0.4, 0.5) is 0 Å². The van der Waals surface area contributed by atoms with Crippen LogP contribution >= 0.6 is 0 Å². The van der Waals surface area contributed by atoms with Crippen LogP contribution in [0.3, 0.4) is 0 Å². The van der Waals surface area contributed by atoms with E-state index in [0.29, 0.717) is 0 Å². The van der Waals surface area contributed by atoms with Gasteiger partial charge in [0, 0.05) is 6.54 Å². The predicted octanol–water partition coefficient (Wildman–Crippen LogP) is 0.216. The highest BCUT2D eigenvalue weighted by Gasteiger charge is 2.37. The molecule has 0 fully saturated rings. The summed E-state index contributed by atoms with van der Waals surface area (Å²) in [5.74, 6) is -2.78. The van der Waals surface area contributed by atoms with Crippen molar-refractivity contribution in [3.8, 4) is 0 Å². The predicted molar refractivity (Wildman–Crippen MR) is 71.7 cm³/mol. The zero-order chi connectivity index (χ0) is 15.6. The Morgan fingerprint density at radius 3 is 2.10 bits per heavy atom. The number of aliphatic carboxylic acids is 1. The molecule has 0 saturated heterocycles. The minimum Gasteiger partial charge on any atom is -0.480 e. The first-order chi connectivity index (χ1) is 9.95. The molecule has 0 aliphatic carbocycles. The zero-order valence-electron chi connectivity index (χ0n) is 11.4. The largest absolute Gasteiger partial charge is 0.480 e. The van der Waals surface area contributed by atoms with E-state index in [4.69, 9.17) is 5.11 Å². The molecule has 3 amide bonds. The monoisotopic (exact) mass is 290 g/mol. The molecule has 0 radical (unpaired) electrons. The second-order valence-electron chi connectivity index (χ2n) is 4.54. The van der Waals surface area contributed by atoms with Gasteiger partial charge in [0.25, 0.3) is 11.8 Å². The number of amides is 3. The molecule has 1 aromatic carbocycles. The summed E-state index contributed by atoms with van der Waals surface area (Å²) in [5.41, 5.74) is 0.521. The molecule has 7 nitrogen and oxygen atoms in total. The first-order valence-electron chi connectivity index (χ1n) is 6.40. The van der Waals surface area contributed by atoms with E-state index < -0.39 is 36.8 Å². The van der Waals surface area contributed by atoms with Crippen molar-refractivity contribution in [2.24, 2.45) is 0 Å². The number of fused-ring (bicyclic) bond motifs is 1. The second kappa shape index (κ2) is 5.74. The van der Waals surface area contributed by atoms with Crippen LogP contribution in [0.2, 0.25) is 0 Å². The maximum absolute atomic E-state index is 12.1. The second-order valence-corrected chi connectivity index (χ2v) is 4.54. The molecule has 0 bridgehead atoms. The van der Waals surface area contributed by atoms with Crippen LogP contribution in [0, 0.1) is 0 Å². The fraction of sp³-hybridized carbons (Fsp3) is 0.286. The number of nitrogens with zero attached hydrogens (tertiary/aromatic N) is 2. The molecular weight excluding hydrogens is 276 g/mol. The Labute approximate surface area is 120 Å². The average Bonchev–Trinajstić information content (AvgIpc) is 2.70. The summed E-state index contributed by atoms with van der Waals surface area (Å²) < 4.78 is 0. The lowest BCUT2D eigenvalue weighted by Gasteiger charge is -2.21. The van der Waals surface area contributed by atoms with Gasteiger partial charge in [0.1, 0.15) is 13.1 Å². The number of hydrogen-bond donors (Lipinski definition) is 1. The molecule has 2 rings (SSSR count). The van der Waals surface area contributed by atoms with Gasteiger partial charge in [0.2, 0.25) is 5.91 Å². The van der Waals surface area contributed by atoms with Gasteiger partial charge in [-0.1, -0.05) is 12.1 Å². The Balaban J connectivity index is 2.14. The smallest absolute Gasteiger partial charge is 0.323 e. The maximum atomic E-state index is 12.1. The third-order valence-corrected chi connectivity index (χ3v) is 3.23. The zero-order valence-corrected chi connectivity index (χ0v) is 11.4. The summed E-state index contributed by atoms with van der Waals surface area (Å²) in [4.78, 5) is 48.8. The third kappa shape index (κ3) is 2.76. The van der Waals surface area contributed by atoms with Gasteiger partial charge in [-0.25, -0.2) is 0 Å². The minimum atomic E-state index is -1.15. The third-order valence-electron chi connectivity index (χ3n) is 3.23. The van der Waals surface area contributed by atoms with E-state index >= 15 is 0 Å². The summed E-state index contributed by atoms with van der Waals surface area (Å²) >= 11 is 0. The number of carboxylic acids is 1. The highest BCUT2D eigenvalue weighted by atomic mass is 16.4. The van der Waals surface area contributed by atoms with Crippen LogP contribution in [-0.4, -0.2) is 58.2 Å². The molecule has 21 heavy (non-hydrogen) atoms. The minimum absolute atomic E-state index is 0.189. The number of rotatable bonds is 5.